The molecule has 4 heteroatoms. The zero-order chi connectivity index (χ0) is 16.7. The lowest BCUT2D eigenvalue weighted by Gasteiger charge is -2.26. The molecule has 0 saturated carbocycles. The summed E-state index contributed by atoms with van der Waals surface area (Å²) in [5.74, 6) is 0.373. The minimum absolute atomic E-state index is 0.149. The van der Waals surface area contributed by atoms with Crippen molar-refractivity contribution in [1.82, 2.24) is 10.3 Å². The molecule has 1 amide bonds. The van der Waals surface area contributed by atoms with Gasteiger partial charge < -0.3 is 10.3 Å². The van der Waals surface area contributed by atoms with E-state index in [1.807, 2.05) is 6.07 Å². The number of aromatic nitrogens is 1. The topological polar surface area (TPSA) is 44.9 Å². The molecular formula is C20H23ClN2O. The number of hydrogen-bond donors (Lipinski definition) is 2. The molecule has 0 fully saturated rings. The summed E-state index contributed by atoms with van der Waals surface area (Å²) in [4.78, 5) is 16.1. The van der Waals surface area contributed by atoms with Gasteiger partial charge in [-0.3, -0.25) is 4.79 Å². The van der Waals surface area contributed by atoms with E-state index >= 15 is 0 Å². The third-order valence-corrected chi connectivity index (χ3v) is 5.66. The Hall–Kier alpha value is -1.74. The molecule has 1 aromatic carbocycles. The largest absolute Gasteiger partial charge is 0.358 e. The first-order valence-electron chi connectivity index (χ1n) is 8.87. The molecule has 24 heavy (non-hydrogen) atoms. The van der Waals surface area contributed by atoms with Crippen LogP contribution in [0.2, 0.25) is 5.02 Å². The first kappa shape index (κ1) is 15.8. The van der Waals surface area contributed by atoms with Crippen LogP contribution in [0.3, 0.4) is 0 Å². The number of aromatic amines is 1. The van der Waals surface area contributed by atoms with E-state index in [2.05, 4.69) is 35.4 Å². The smallest absolute Gasteiger partial charge is 0.223 e. The zero-order valence-corrected chi connectivity index (χ0v) is 14.7. The Morgan fingerprint density at radius 3 is 2.96 bits per heavy atom. The number of carbonyl (C=O) groups excluding carboxylic acids is 1. The molecule has 0 saturated heterocycles. The van der Waals surface area contributed by atoms with Crippen LogP contribution < -0.4 is 5.32 Å². The number of nitrogens with one attached hydrogen (secondary N) is 2. The molecule has 2 aliphatic rings. The van der Waals surface area contributed by atoms with Crippen LogP contribution in [0.4, 0.5) is 0 Å². The highest BCUT2D eigenvalue weighted by Crippen LogP contribution is 2.33. The van der Waals surface area contributed by atoms with E-state index in [0.29, 0.717) is 0 Å². The molecule has 0 spiro atoms. The minimum Gasteiger partial charge on any atom is -0.358 e. The van der Waals surface area contributed by atoms with Gasteiger partial charge in [0.05, 0.1) is 0 Å². The lowest BCUT2D eigenvalue weighted by molar-refractivity contribution is -0.126. The fraction of sp³-hybridized carbons (Fsp3) is 0.450. The number of aryl methyl sites for hydroxylation is 2. The van der Waals surface area contributed by atoms with Crippen molar-refractivity contribution >= 4 is 28.4 Å². The number of H-pyrrole nitrogens is 1. The molecule has 2 atom stereocenters. The second-order valence-corrected chi connectivity index (χ2v) is 7.59. The summed E-state index contributed by atoms with van der Waals surface area (Å²) in [6.45, 7) is 2.09. The van der Waals surface area contributed by atoms with Gasteiger partial charge in [-0.25, -0.2) is 0 Å². The highest BCUT2D eigenvalue weighted by Gasteiger charge is 2.27. The molecule has 126 valence electrons. The quantitative estimate of drug-likeness (QED) is 0.777. The van der Waals surface area contributed by atoms with Crippen LogP contribution in [0, 0.1) is 12.8 Å². The molecule has 1 heterocycles. The van der Waals surface area contributed by atoms with Gasteiger partial charge in [0.15, 0.2) is 0 Å². The van der Waals surface area contributed by atoms with Crippen LogP contribution in [0.5, 0.6) is 0 Å². The molecule has 0 aliphatic heterocycles. The van der Waals surface area contributed by atoms with Gasteiger partial charge in [0.25, 0.3) is 0 Å². The van der Waals surface area contributed by atoms with Gasteiger partial charge in [-0.05, 0) is 68.7 Å². The molecule has 2 unspecified atom stereocenters. The summed E-state index contributed by atoms with van der Waals surface area (Å²) in [6.07, 6.45) is 10.1. The number of allylic oxidation sites excluding steroid dienone is 2. The van der Waals surface area contributed by atoms with Gasteiger partial charge in [-0.15, -0.1) is 0 Å². The maximum Gasteiger partial charge on any atom is 0.223 e. The van der Waals surface area contributed by atoms with Gasteiger partial charge in [0.2, 0.25) is 5.91 Å². The first-order chi connectivity index (χ1) is 11.6. The maximum atomic E-state index is 12.5. The average molecular weight is 343 g/mol. The second-order valence-electron chi connectivity index (χ2n) is 7.16. The fourth-order valence-corrected chi connectivity index (χ4v) is 4.40. The third-order valence-electron chi connectivity index (χ3n) is 5.45. The highest BCUT2D eigenvalue weighted by atomic mass is 35.5. The van der Waals surface area contributed by atoms with Crippen molar-refractivity contribution in [1.29, 1.82) is 0 Å². The molecule has 3 nitrogen and oxygen atoms in total. The Kier molecular flexibility index (Phi) is 4.13. The summed E-state index contributed by atoms with van der Waals surface area (Å²) >= 11 is 6.26. The van der Waals surface area contributed by atoms with Crippen LogP contribution >= 0.6 is 11.6 Å². The van der Waals surface area contributed by atoms with Gasteiger partial charge in [-0.1, -0.05) is 23.8 Å². The zero-order valence-electron chi connectivity index (χ0n) is 14.0. The number of fused-ring (bicyclic) bond motifs is 3. The Bertz CT molecular complexity index is 821. The van der Waals surface area contributed by atoms with Crippen LogP contribution in [0.25, 0.3) is 10.9 Å². The molecular weight excluding hydrogens is 320 g/mol. The summed E-state index contributed by atoms with van der Waals surface area (Å²) in [6, 6.07) is 4.28. The molecule has 2 aromatic rings. The van der Waals surface area contributed by atoms with Crippen molar-refractivity contribution in [3.8, 4) is 0 Å². The van der Waals surface area contributed by atoms with Gasteiger partial charge in [-0.2, -0.15) is 0 Å². The molecule has 2 aliphatic carbocycles. The lowest BCUT2D eigenvalue weighted by atomic mass is 9.89. The second kappa shape index (κ2) is 6.29. The standard InChI is InChI=1S/C20H23ClN2O/c1-12-9-14(21)10-17-16-11-15(7-8-18(16)23-19(12)17)22-20(24)13-5-3-2-4-6-13/h2-3,9-10,13,15,23H,4-8,11H2,1H3,(H,22,24). The monoisotopic (exact) mass is 342 g/mol. The van der Waals surface area contributed by atoms with Gasteiger partial charge >= 0.3 is 0 Å². The van der Waals surface area contributed by atoms with E-state index in [1.54, 1.807) is 0 Å². The fourth-order valence-electron chi connectivity index (χ4n) is 4.12. The SMILES string of the molecule is Cc1cc(Cl)cc2c3c([nH]c12)CCC(NC(=O)C1CC=CCC1)C3. The number of hydrogen-bond acceptors (Lipinski definition) is 1. The summed E-state index contributed by atoms with van der Waals surface area (Å²) in [5, 5.41) is 5.29. The Balaban J connectivity index is 1.55. The molecule has 0 bridgehead atoms. The van der Waals surface area contributed by atoms with Gasteiger partial charge in [0.1, 0.15) is 0 Å². The van der Waals surface area contributed by atoms with E-state index in [1.165, 1.54) is 27.7 Å². The number of benzene rings is 1. The Morgan fingerprint density at radius 2 is 2.17 bits per heavy atom. The number of halogens is 1. The maximum absolute atomic E-state index is 12.5. The number of rotatable bonds is 2. The van der Waals surface area contributed by atoms with Crippen molar-refractivity contribution in [2.75, 3.05) is 0 Å². The predicted octanol–water partition coefficient (Wildman–Crippen LogP) is 4.46. The van der Waals surface area contributed by atoms with E-state index in [4.69, 9.17) is 11.6 Å². The molecule has 1 aromatic heterocycles. The number of carbonyl (C=O) groups is 1. The van der Waals surface area contributed by atoms with Crippen LogP contribution in [-0.4, -0.2) is 16.9 Å². The third kappa shape index (κ3) is 2.86. The normalized spacial score (nSPS) is 23.2. The minimum atomic E-state index is 0.149. The summed E-state index contributed by atoms with van der Waals surface area (Å²) < 4.78 is 0. The molecule has 2 N–H and O–H groups in total. The van der Waals surface area contributed by atoms with Crippen LogP contribution in [0.15, 0.2) is 24.3 Å². The van der Waals surface area contributed by atoms with E-state index in [9.17, 15) is 4.79 Å². The van der Waals surface area contributed by atoms with Crippen molar-refractivity contribution in [3.05, 3.63) is 46.1 Å². The Labute approximate surface area is 147 Å². The van der Waals surface area contributed by atoms with Crippen molar-refractivity contribution in [2.45, 2.75) is 51.5 Å². The van der Waals surface area contributed by atoms with Crippen LogP contribution in [-0.2, 0) is 17.6 Å². The van der Waals surface area contributed by atoms with E-state index < -0.39 is 0 Å². The molecule has 4 rings (SSSR count). The predicted molar refractivity (Wildman–Crippen MR) is 98.5 cm³/mol. The van der Waals surface area contributed by atoms with E-state index in [-0.39, 0.29) is 17.9 Å². The molecule has 0 radical (unpaired) electrons. The summed E-state index contributed by atoms with van der Waals surface area (Å²) in [7, 11) is 0. The van der Waals surface area contributed by atoms with Crippen molar-refractivity contribution < 1.29 is 4.79 Å². The highest BCUT2D eigenvalue weighted by molar-refractivity contribution is 6.31. The Morgan fingerprint density at radius 1 is 1.29 bits per heavy atom. The van der Waals surface area contributed by atoms with Crippen molar-refractivity contribution in [3.63, 3.8) is 0 Å². The van der Waals surface area contributed by atoms with Crippen molar-refractivity contribution in [2.24, 2.45) is 5.92 Å². The number of amides is 1. The van der Waals surface area contributed by atoms with E-state index in [0.717, 1.165) is 43.5 Å². The first-order valence-corrected chi connectivity index (χ1v) is 9.24. The summed E-state index contributed by atoms with van der Waals surface area (Å²) in [5.41, 5.74) is 5.01. The van der Waals surface area contributed by atoms with Gasteiger partial charge in [0, 0.05) is 33.6 Å². The lowest BCUT2D eigenvalue weighted by Crippen LogP contribution is -2.42. The van der Waals surface area contributed by atoms with Crippen LogP contribution in [0.1, 0.15) is 42.5 Å². The average Bonchev–Trinajstić information content (AvgIpc) is 2.94.